The minimum atomic E-state index is -2.64. The van der Waals surface area contributed by atoms with Crippen LogP contribution in [0.5, 0.6) is 0 Å². The van der Waals surface area contributed by atoms with Gasteiger partial charge in [0, 0.05) is 36.0 Å². The first kappa shape index (κ1) is 22.7. The number of carboxylic acids is 2. The van der Waals surface area contributed by atoms with E-state index in [1.165, 1.54) is 16.9 Å². The average molecular weight is 435 g/mol. The zero-order chi connectivity index (χ0) is 22.4. The highest BCUT2D eigenvalue weighted by molar-refractivity contribution is 5.73. The van der Waals surface area contributed by atoms with E-state index in [1.54, 1.807) is 12.3 Å². The van der Waals surface area contributed by atoms with E-state index in [2.05, 4.69) is 10.4 Å². The van der Waals surface area contributed by atoms with Gasteiger partial charge in [0.1, 0.15) is 0 Å². The van der Waals surface area contributed by atoms with Gasteiger partial charge in [-0.25, -0.2) is 8.78 Å². The Kier molecular flexibility index (Phi) is 7.59. The van der Waals surface area contributed by atoms with Crippen molar-refractivity contribution < 1.29 is 28.6 Å². The number of aliphatic carboxylic acids is 2. The van der Waals surface area contributed by atoms with Gasteiger partial charge < -0.3 is 15.5 Å². The first-order valence-corrected chi connectivity index (χ1v) is 10.5. The summed E-state index contributed by atoms with van der Waals surface area (Å²) in [5.41, 5.74) is 2.60. The Morgan fingerprint density at radius 2 is 1.97 bits per heavy atom. The Bertz CT molecular complexity index is 929. The summed E-state index contributed by atoms with van der Waals surface area (Å²) >= 11 is 0. The van der Waals surface area contributed by atoms with Crippen LogP contribution in [0.2, 0.25) is 0 Å². The topological polar surface area (TPSA) is 104 Å². The minimum Gasteiger partial charge on any atom is -0.481 e. The molecular weight excluding hydrogens is 408 g/mol. The van der Waals surface area contributed by atoms with Crippen LogP contribution in [0.25, 0.3) is 11.1 Å². The van der Waals surface area contributed by atoms with E-state index in [0.717, 1.165) is 30.6 Å². The maximum Gasteiger partial charge on any atom is 0.305 e. The number of benzene rings is 1. The average Bonchev–Trinajstić information content (AvgIpc) is 3.21. The lowest BCUT2D eigenvalue weighted by atomic mass is 9.94. The summed E-state index contributed by atoms with van der Waals surface area (Å²) in [5.74, 6) is -1.82. The fraction of sp³-hybridized carbons (Fsp3) is 0.500. The maximum atomic E-state index is 13.7. The molecule has 0 spiro atoms. The van der Waals surface area contributed by atoms with E-state index in [9.17, 15) is 23.5 Å². The van der Waals surface area contributed by atoms with Crippen LogP contribution in [0, 0.1) is 0 Å². The fourth-order valence-electron chi connectivity index (χ4n) is 4.00. The van der Waals surface area contributed by atoms with Gasteiger partial charge in [-0.3, -0.25) is 14.3 Å². The molecule has 0 amide bonds. The summed E-state index contributed by atoms with van der Waals surface area (Å²) in [6, 6.07) is 2.86. The smallest absolute Gasteiger partial charge is 0.305 e. The van der Waals surface area contributed by atoms with E-state index in [-0.39, 0.29) is 18.4 Å². The summed E-state index contributed by atoms with van der Waals surface area (Å²) in [5, 5.41) is 25.4. The van der Waals surface area contributed by atoms with Crippen LogP contribution in [0.3, 0.4) is 0 Å². The van der Waals surface area contributed by atoms with Crippen molar-refractivity contribution in [2.75, 3.05) is 11.9 Å². The Morgan fingerprint density at radius 1 is 1.16 bits per heavy atom. The molecule has 168 valence electrons. The van der Waals surface area contributed by atoms with E-state index < -0.39 is 24.4 Å². The van der Waals surface area contributed by atoms with Crippen molar-refractivity contribution in [2.45, 2.75) is 63.8 Å². The molecule has 2 heterocycles. The van der Waals surface area contributed by atoms with Crippen molar-refractivity contribution in [3.8, 4) is 11.1 Å². The molecule has 0 bridgehead atoms. The summed E-state index contributed by atoms with van der Waals surface area (Å²) in [6.45, 7) is 0.760. The zero-order valence-electron chi connectivity index (χ0n) is 17.2. The monoisotopic (exact) mass is 435 g/mol. The van der Waals surface area contributed by atoms with Crippen molar-refractivity contribution in [2.24, 2.45) is 0 Å². The number of fused-ring (bicyclic) bond motifs is 1. The summed E-state index contributed by atoms with van der Waals surface area (Å²) in [7, 11) is 0. The van der Waals surface area contributed by atoms with Crippen LogP contribution in [-0.4, -0.2) is 38.5 Å². The fourth-order valence-corrected chi connectivity index (χ4v) is 4.00. The predicted molar refractivity (Wildman–Crippen MR) is 111 cm³/mol. The van der Waals surface area contributed by atoms with Crippen LogP contribution < -0.4 is 5.32 Å². The van der Waals surface area contributed by atoms with E-state index in [1.807, 2.05) is 0 Å². The summed E-state index contributed by atoms with van der Waals surface area (Å²) < 4.78 is 29.0. The van der Waals surface area contributed by atoms with E-state index in [4.69, 9.17) is 5.11 Å². The number of rotatable bonds is 11. The molecule has 9 heteroatoms. The highest BCUT2D eigenvalue weighted by atomic mass is 19.3. The van der Waals surface area contributed by atoms with Gasteiger partial charge in [-0.2, -0.15) is 5.10 Å². The lowest BCUT2D eigenvalue weighted by molar-refractivity contribution is -0.138. The van der Waals surface area contributed by atoms with Crippen LogP contribution in [0.15, 0.2) is 24.5 Å². The number of aromatic nitrogens is 2. The third-order valence-corrected chi connectivity index (χ3v) is 5.57. The normalized spacial score (nSPS) is 14.2. The molecule has 0 radical (unpaired) electrons. The predicted octanol–water partition coefficient (Wildman–Crippen LogP) is 4.90. The first-order chi connectivity index (χ1) is 14.8. The first-order valence-electron chi connectivity index (χ1n) is 10.5. The molecule has 1 aliphatic rings. The molecule has 31 heavy (non-hydrogen) atoms. The molecule has 1 aromatic heterocycles. The molecule has 1 atom stereocenters. The second kappa shape index (κ2) is 10.4. The number of aryl methyl sites for hydroxylation is 1. The number of nitrogens with zero attached hydrogens (tertiary/aromatic N) is 2. The second-order valence-electron chi connectivity index (χ2n) is 7.88. The van der Waals surface area contributed by atoms with Gasteiger partial charge in [0.25, 0.3) is 6.43 Å². The number of unbranched alkanes of at least 4 members (excludes halogenated alkanes) is 2. The van der Waals surface area contributed by atoms with Crippen LogP contribution in [-0.2, 0) is 16.0 Å². The lowest BCUT2D eigenvalue weighted by Gasteiger charge is -2.21. The molecule has 1 aromatic carbocycles. The quantitative estimate of drug-likeness (QED) is 0.434. The molecule has 0 fully saturated rings. The van der Waals surface area contributed by atoms with Crippen LogP contribution in [0.4, 0.5) is 14.5 Å². The number of halogens is 2. The van der Waals surface area contributed by atoms with Crippen molar-refractivity contribution in [3.63, 3.8) is 0 Å². The van der Waals surface area contributed by atoms with Gasteiger partial charge in [0.2, 0.25) is 0 Å². The molecule has 0 aliphatic carbocycles. The number of carbonyl (C=O) groups is 2. The molecular formula is C22H27F2N3O4. The van der Waals surface area contributed by atoms with Gasteiger partial charge in [-0.05, 0) is 48.9 Å². The number of alkyl halides is 2. The Labute approximate surface area is 179 Å². The van der Waals surface area contributed by atoms with Gasteiger partial charge in [-0.15, -0.1) is 0 Å². The second-order valence-corrected chi connectivity index (χ2v) is 7.88. The number of anilines is 1. The maximum absolute atomic E-state index is 13.7. The van der Waals surface area contributed by atoms with E-state index in [0.29, 0.717) is 36.8 Å². The highest BCUT2D eigenvalue weighted by Crippen LogP contribution is 2.37. The highest BCUT2D eigenvalue weighted by Gasteiger charge is 2.22. The molecule has 0 saturated carbocycles. The Morgan fingerprint density at radius 3 is 2.68 bits per heavy atom. The Hall–Kier alpha value is -2.97. The number of hydrogen-bond donors (Lipinski definition) is 3. The van der Waals surface area contributed by atoms with Gasteiger partial charge in [0.15, 0.2) is 0 Å². The molecule has 2 aromatic rings. The Balaban J connectivity index is 1.80. The lowest BCUT2D eigenvalue weighted by Crippen LogP contribution is -2.14. The van der Waals surface area contributed by atoms with Crippen molar-refractivity contribution in [1.82, 2.24) is 9.78 Å². The number of carboxylic acid groups (broad SMARTS) is 2. The zero-order valence-corrected chi connectivity index (χ0v) is 17.2. The molecule has 0 saturated heterocycles. The third-order valence-electron chi connectivity index (χ3n) is 5.57. The summed E-state index contributed by atoms with van der Waals surface area (Å²) in [4.78, 5) is 21.9. The minimum absolute atomic E-state index is 0.0730. The van der Waals surface area contributed by atoms with Crippen molar-refractivity contribution >= 4 is 17.6 Å². The summed E-state index contributed by atoms with van der Waals surface area (Å²) in [6.07, 6.45) is 4.55. The van der Waals surface area contributed by atoms with Crippen LogP contribution in [0.1, 0.15) is 68.5 Å². The van der Waals surface area contributed by atoms with Gasteiger partial charge in [0.05, 0.1) is 18.7 Å². The van der Waals surface area contributed by atoms with Crippen molar-refractivity contribution in [3.05, 3.63) is 35.7 Å². The molecule has 3 N–H and O–H groups in total. The standard InChI is InChI=1S/C22H27F2N3O4/c23-22(24)18-11-19-14(5-4-8-25-19)9-17(18)15-12-26-27(13-15)16(10-21(30)31)6-2-1-3-7-20(28)29/h9,11-13,16,22,25H,1-8,10H2,(H,28,29)(H,30,31). The SMILES string of the molecule is O=C(O)CCCCCC(CC(=O)O)n1cc(-c2cc3c(cc2C(F)F)NCCC3)cn1. The van der Waals surface area contributed by atoms with Crippen LogP contribution >= 0.6 is 0 Å². The van der Waals surface area contributed by atoms with Crippen molar-refractivity contribution in [1.29, 1.82) is 0 Å². The number of hydrogen-bond acceptors (Lipinski definition) is 4. The molecule has 1 aliphatic heterocycles. The largest absolute Gasteiger partial charge is 0.481 e. The van der Waals surface area contributed by atoms with Gasteiger partial charge in [-0.1, -0.05) is 12.8 Å². The molecule has 1 unspecified atom stereocenters. The van der Waals surface area contributed by atoms with E-state index >= 15 is 0 Å². The van der Waals surface area contributed by atoms with Gasteiger partial charge >= 0.3 is 11.9 Å². The molecule has 7 nitrogen and oxygen atoms in total. The third kappa shape index (κ3) is 6.02. The molecule has 3 rings (SSSR count). The number of nitrogens with one attached hydrogen (secondary N) is 1.